The first kappa shape index (κ1) is 12.0. The van der Waals surface area contributed by atoms with Gasteiger partial charge in [-0.2, -0.15) is 0 Å². The van der Waals surface area contributed by atoms with Crippen molar-refractivity contribution in [3.05, 3.63) is 70.0 Å². The van der Waals surface area contributed by atoms with Gasteiger partial charge in [0.05, 0.1) is 10.5 Å². The third-order valence-electron chi connectivity index (χ3n) is 3.27. The van der Waals surface area contributed by atoms with Gasteiger partial charge in [0.25, 0.3) is 5.56 Å². The van der Waals surface area contributed by atoms with Crippen LogP contribution in [0.2, 0.25) is 5.02 Å². The number of fused-ring (bicyclic) bond motifs is 1. The lowest BCUT2D eigenvalue weighted by molar-refractivity contribution is 0.909. The average molecular weight is 270 g/mol. The first-order valence-electron chi connectivity index (χ1n) is 6.02. The van der Waals surface area contributed by atoms with Crippen molar-refractivity contribution in [3.63, 3.8) is 0 Å². The molecule has 0 bridgehead atoms. The topological polar surface area (TPSA) is 22.0 Å². The highest BCUT2D eigenvalue weighted by Crippen LogP contribution is 2.25. The molecule has 0 aliphatic carbocycles. The number of para-hydroxylation sites is 1. The lowest BCUT2D eigenvalue weighted by atomic mass is 10.0. The molecule has 0 radical (unpaired) electrons. The van der Waals surface area contributed by atoms with Crippen LogP contribution < -0.4 is 5.56 Å². The fraction of sp³-hybridized carbons (Fsp3) is 0.0625. The molecule has 0 N–H and O–H groups in total. The molecule has 94 valence electrons. The van der Waals surface area contributed by atoms with E-state index in [0.717, 1.165) is 16.5 Å². The largest absolute Gasteiger partial charge is 0.309 e. The molecule has 3 heteroatoms. The molecule has 0 fully saturated rings. The van der Waals surface area contributed by atoms with Crippen molar-refractivity contribution in [3.8, 4) is 11.1 Å². The van der Waals surface area contributed by atoms with E-state index in [-0.39, 0.29) is 5.56 Å². The van der Waals surface area contributed by atoms with E-state index in [2.05, 4.69) is 0 Å². The van der Waals surface area contributed by atoms with Crippen LogP contribution in [0.15, 0.2) is 59.4 Å². The van der Waals surface area contributed by atoms with E-state index in [4.69, 9.17) is 11.6 Å². The lowest BCUT2D eigenvalue weighted by Gasteiger charge is -2.10. The summed E-state index contributed by atoms with van der Waals surface area (Å²) in [6.07, 6.45) is 0. The van der Waals surface area contributed by atoms with Gasteiger partial charge in [0.15, 0.2) is 0 Å². The molecule has 1 aromatic heterocycles. The Hall–Kier alpha value is -2.06. The fourth-order valence-corrected chi connectivity index (χ4v) is 2.63. The molecule has 19 heavy (non-hydrogen) atoms. The minimum Gasteiger partial charge on any atom is -0.309 e. The summed E-state index contributed by atoms with van der Waals surface area (Å²) < 4.78 is 1.61. The number of hydrogen-bond donors (Lipinski definition) is 0. The number of aryl methyl sites for hydroxylation is 1. The second-order valence-corrected chi connectivity index (χ2v) is 4.87. The Kier molecular flexibility index (Phi) is 2.88. The van der Waals surface area contributed by atoms with Crippen molar-refractivity contribution < 1.29 is 0 Å². The van der Waals surface area contributed by atoms with Crippen LogP contribution in [0.25, 0.3) is 22.0 Å². The van der Waals surface area contributed by atoms with Crippen LogP contribution in [0.5, 0.6) is 0 Å². The Balaban J connectivity index is 2.41. The zero-order valence-corrected chi connectivity index (χ0v) is 11.2. The molecule has 0 aliphatic heterocycles. The van der Waals surface area contributed by atoms with E-state index in [1.165, 1.54) is 0 Å². The summed E-state index contributed by atoms with van der Waals surface area (Å²) in [7, 11) is 1.75. The van der Waals surface area contributed by atoms with Crippen LogP contribution in [0.4, 0.5) is 0 Å². The molecule has 2 aromatic carbocycles. The van der Waals surface area contributed by atoms with Crippen LogP contribution in [-0.4, -0.2) is 4.57 Å². The van der Waals surface area contributed by atoms with Crippen LogP contribution in [0, 0.1) is 0 Å². The molecule has 0 atom stereocenters. The predicted octanol–water partition coefficient (Wildman–Crippen LogP) is 3.86. The summed E-state index contributed by atoms with van der Waals surface area (Å²) in [6.45, 7) is 0. The molecule has 0 unspecified atom stereocenters. The molecule has 3 rings (SSSR count). The molecule has 3 aromatic rings. The normalized spacial score (nSPS) is 10.8. The van der Waals surface area contributed by atoms with Crippen LogP contribution in [-0.2, 0) is 7.05 Å². The van der Waals surface area contributed by atoms with Gasteiger partial charge in [-0.25, -0.2) is 0 Å². The molecule has 0 spiro atoms. The molecular weight excluding hydrogens is 258 g/mol. The number of benzene rings is 2. The van der Waals surface area contributed by atoms with E-state index in [1.54, 1.807) is 17.7 Å². The van der Waals surface area contributed by atoms with Crippen LogP contribution >= 0.6 is 11.6 Å². The highest BCUT2D eigenvalue weighted by atomic mass is 35.5. The van der Waals surface area contributed by atoms with Crippen molar-refractivity contribution >= 4 is 22.5 Å². The third kappa shape index (κ3) is 1.94. The van der Waals surface area contributed by atoms with E-state index < -0.39 is 0 Å². The first-order valence-corrected chi connectivity index (χ1v) is 6.40. The molecule has 0 aliphatic rings. The summed E-state index contributed by atoms with van der Waals surface area (Å²) in [5, 5.41) is 1.56. The van der Waals surface area contributed by atoms with Gasteiger partial charge in [0, 0.05) is 18.0 Å². The Morgan fingerprint density at radius 3 is 2.47 bits per heavy atom. The van der Waals surface area contributed by atoms with Gasteiger partial charge in [-0.05, 0) is 17.7 Å². The zero-order chi connectivity index (χ0) is 13.4. The maximum Gasteiger partial charge on any atom is 0.258 e. The van der Waals surface area contributed by atoms with Crippen LogP contribution in [0.1, 0.15) is 0 Å². The number of pyridine rings is 1. The standard InChI is InChI=1S/C16H12ClNO/c1-18-15-12(8-5-9-14(15)17)10-13(16(18)19)11-6-3-2-4-7-11/h2-10H,1H3. The summed E-state index contributed by atoms with van der Waals surface area (Å²) >= 11 is 6.17. The molecular formula is C16H12ClNO. The van der Waals surface area contributed by atoms with Gasteiger partial charge in [-0.1, -0.05) is 54.1 Å². The van der Waals surface area contributed by atoms with Gasteiger partial charge in [0.2, 0.25) is 0 Å². The van der Waals surface area contributed by atoms with Crippen molar-refractivity contribution in [1.29, 1.82) is 0 Å². The summed E-state index contributed by atoms with van der Waals surface area (Å²) in [6, 6.07) is 17.2. The average Bonchev–Trinajstić information content (AvgIpc) is 2.43. The number of rotatable bonds is 1. The van der Waals surface area contributed by atoms with E-state index in [1.807, 2.05) is 48.5 Å². The highest BCUT2D eigenvalue weighted by molar-refractivity contribution is 6.35. The minimum atomic E-state index is -0.0354. The zero-order valence-electron chi connectivity index (χ0n) is 10.4. The van der Waals surface area contributed by atoms with Gasteiger partial charge in [0.1, 0.15) is 0 Å². The van der Waals surface area contributed by atoms with E-state index in [9.17, 15) is 4.79 Å². The van der Waals surface area contributed by atoms with Crippen molar-refractivity contribution in [2.45, 2.75) is 0 Å². The third-order valence-corrected chi connectivity index (χ3v) is 3.58. The maximum absolute atomic E-state index is 12.4. The Bertz CT molecular complexity index is 806. The Morgan fingerprint density at radius 2 is 1.74 bits per heavy atom. The number of halogens is 1. The van der Waals surface area contributed by atoms with Gasteiger partial charge in [-0.3, -0.25) is 4.79 Å². The van der Waals surface area contributed by atoms with Gasteiger partial charge in [-0.15, -0.1) is 0 Å². The summed E-state index contributed by atoms with van der Waals surface area (Å²) in [5.74, 6) is 0. The maximum atomic E-state index is 12.4. The molecule has 0 saturated carbocycles. The van der Waals surface area contributed by atoms with Gasteiger partial charge >= 0.3 is 0 Å². The van der Waals surface area contributed by atoms with Gasteiger partial charge < -0.3 is 4.57 Å². The SMILES string of the molecule is Cn1c(=O)c(-c2ccccc2)cc2cccc(Cl)c21. The van der Waals surface area contributed by atoms with E-state index >= 15 is 0 Å². The van der Waals surface area contributed by atoms with Crippen molar-refractivity contribution in [2.75, 3.05) is 0 Å². The molecule has 2 nitrogen and oxygen atoms in total. The van der Waals surface area contributed by atoms with Crippen LogP contribution in [0.3, 0.4) is 0 Å². The minimum absolute atomic E-state index is 0.0354. The predicted molar refractivity (Wildman–Crippen MR) is 79.6 cm³/mol. The monoisotopic (exact) mass is 269 g/mol. The second-order valence-electron chi connectivity index (χ2n) is 4.47. The number of aromatic nitrogens is 1. The smallest absolute Gasteiger partial charge is 0.258 e. The number of hydrogen-bond acceptors (Lipinski definition) is 1. The molecule has 1 heterocycles. The van der Waals surface area contributed by atoms with E-state index in [0.29, 0.717) is 10.6 Å². The van der Waals surface area contributed by atoms with Crippen molar-refractivity contribution in [2.24, 2.45) is 7.05 Å². The first-order chi connectivity index (χ1) is 9.18. The Morgan fingerprint density at radius 1 is 1.00 bits per heavy atom. The second kappa shape index (κ2) is 4.56. The fourth-order valence-electron chi connectivity index (χ4n) is 2.33. The molecule has 0 saturated heterocycles. The number of nitrogens with zero attached hydrogens (tertiary/aromatic N) is 1. The highest BCUT2D eigenvalue weighted by Gasteiger charge is 2.10. The molecule has 0 amide bonds. The van der Waals surface area contributed by atoms with Crippen molar-refractivity contribution in [1.82, 2.24) is 4.57 Å². The lowest BCUT2D eigenvalue weighted by Crippen LogP contribution is -2.19. The summed E-state index contributed by atoms with van der Waals surface area (Å²) in [4.78, 5) is 12.4. The quantitative estimate of drug-likeness (QED) is 0.657. The summed E-state index contributed by atoms with van der Waals surface area (Å²) in [5.41, 5.74) is 2.35. The Labute approximate surface area is 115 Å².